The molecule has 4 heteroatoms. The molecule has 31 heavy (non-hydrogen) atoms. The van der Waals surface area contributed by atoms with Crippen molar-refractivity contribution in [2.24, 2.45) is 9.32 Å². The van der Waals surface area contributed by atoms with Crippen LogP contribution in [0.1, 0.15) is 22.3 Å². The molecule has 4 aromatic carbocycles. The minimum absolute atomic E-state index is 0.870. The molecule has 0 saturated carbocycles. The number of halogens is 1. The van der Waals surface area contributed by atoms with Crippen LogP contribution in [0.5, 0.6) is 0 Å². The van der Waals surface area contributed by atoms with Crippen LogP contribution in [-0.2, 0) is 0 Å². The number of rotatable bonds is 6. The second-order valence-electron chi connectivity index (χ2n) is 7.29. The van der Waals surface area contributed by atoms with E-state index in [0.29, 0.717) is 0 Å². The summed E-state index contributed by atoms with van der Waals surface area (Å²) in [6, 6.07) is 40.7. The Morgan fingerprint density at radius 2 is 0.710 bits per heavy atom. The lowest BCUT2D eigenvalue weighted by Gasteiger charge is -2.17. The van der Waals surface area contributed by atoms with Gasteiger partial charge in [0.25, 0.3) is 0 Å². The Kier molecular flexibility index (Phi) is 6.56. The van der Waals surface area contributed by atoms with Gasteiger partial charge in [-0.1, -0.05) is 121 Å². The Hall–Kier alpha value is -3.27. The van der Waals surface area contributed by atoms with Gasteiger partial charge in [-0.05, 0) is 28.8 Å². The zero-order valence-corrected chi connectivity index (χ0v) is 19.1. The predicted octanol–water partition coefficient (Wildman–Crippen LogP) is 6.87. The Balaban J connectivity index is 1.85. The number of benzene rings is 4. The van der Waals surface area contributed by atoms with E-state index >= 15 is 0 Å². The summed E-state index contributed by atoms with van der Waals surface area (Å²) in [5.41, 5.74) is 5.87. The summed E-state index contributed by atoms with van der Waals surface area (Å²) in [7, 11) is -2.91. The van der Waals surface area contributed by atoms with Gasteiger partial charge in [0.15, 0.2) is 0 Å². The minimum Gasteiger partial charge on any atom is -0.281 e. The maximum atomic E-state index is 7.09. The van der Waals surface area contributed by atoms with Crippen molar-refractivity contribution in [3.05, 3.63) is 144 Å². The van der Waals surface area contributed by atoms with E-state index in [4.69, 9.17) is 20.4 Å². The van der Waals surface area contributed by atoms with Crippen molar-refractivity contribution < 1.29 is 0 Å². The third-order valence-corrected chi connectivity index (χ3v) is 6.59. The highest BCUT2D eigenvalue weighted by molar-refractivity contribution is 7.18. The second kappa shape index (κ2) is 9.69. The number of hydrogen-bond donors (Lipinski definition) is 0. The first-order valence-corrected chi connectivity index (χ1v) is 13.6. The Labute approximate surface area is 189 Å². The molecule has 0 aliphatic carbocycles. The minimum atomic E-state index is -2.91. The largest absolute Gasteiger partial charge is 0.399 e. The monoisotopic (exact) mass is 438 g/mol. The summed E-state index contributed by atoms with van der Waals surface area (Å²) >= 11 is 7.09. The third kappa shape index (κ3) is 5.46. The Bertz CT molecular complexity index is 995. The van der Waals surface area contributed by atoms with Gasteiger partial charge in [-0.2, -0.15) is 0 Å². The lowest BCUT2D eigenvalue weighted by Crippen LogP contribution is -2.24. The maximum Gasteiger partial charge on any atom is 0.399 e. The van der Waals surface area contributed by atoms with Crippen molar-refractivity contribution in [3.8, 4) is 0 Å². The first-order valence-electron chi connectivity index (χ1n) is 10.2. The van der Waals surface area contributed by atoms with Crippen LogP contribution < -0.4 is 0 Å². The van der Waals surface area contributed by atoms with E-state index in [1.807, 2.05) is 79.3 Å². The van der Waals surface area contributed by atoms with E-state index < -0.39 is 7.71 Å². The zero-order chi connectivity index (χ0) is 21.5. The molecule has 4 aromatic rings. The van der Waals surface area contributed by atoms with Crippen molar-refractivity contribution in [3.63, 3.8) is 0 Å². The van der Waals surface area contributed by atoms with Crippen molar-refractivity contribution >= 4 is 30.2 Å². The van der Waals surface area contributed by atoms with Gasteiger partial charge in [0.2, 0.25) is 0 Å². The van der Waals surface area contributed by atoms with Gasteiger partial charge in [-0.25, -0.2) is 0 Å². The molecule has 2 nitrogen and oxygen atoms in total. The zero-order valence-electron chi connectivity index (χ0n) is 17.3. The molecule has 0 N–H and O–H groups in total. The van der Waals surface area contributed by atoms with Crippen LogP contribution in [-0.4, -0.2) is 19.1 Å². The van der Waals surface area contributed by atoms with Gasteiger partial charge >= 0.3 is 7.71 Å². The lowest BCUT2D eigenvalue weighted by atomic mass is 10.0. The summed E-state index contributed by atoms with van der Waals surface area (Å²) in [6.45, 7) is 1.96. The van der Waals surface area contributed by atoms with Crippen molar-refractivity contribution in [2.75, 3.05) is 0 Å². The number of hydrogen-bond acceptors (Lipinski definition) is 2. The molecule has 0 unspecified atom stereocenters. The second-order valence-corrected chi connectivity index (χ2v) is 11.7. The Morgan fingerprint density at radius 1 is 0.484 bits per heavy atom. The summed E-state index contributed by atoms with van der Waals surface area (Å²) in [4.78, 5) is 0. The predicted molar refractivity (Wildman–Crippen MR) is 135 cm³/mol. The highest BCUT2D eigenvalue weighted by atomic mass is 35.6. The molecule has 0 radical (unpaired) electrons. The van der Waals surface area contributed by atoms with Crippen LogP contribution in [0.25, 0.3) is 0 Å². The molecule has 0 aliphatic rings. The van der Waals surface area contributed by atoms with Crippen LogP contribution in [0, 0.1) is 0 Å². The van der Waals surface area contributed by atoms with Crippen molar-refractivity contribution in [1.29, 1.82) is 0 Å². The van der Waals surface area contributed by atoms with E-state index in [-0.39, 0.29) is 0 Å². The molecule has 152 valence electrons. The van der Waals surface area contributed by atoms with Gasteiger partial charge in [0, 0.05) is 0 Å². The van der Waals surface area contributed by atoms with Gasteiger partial charge < -0.3 is 0 Å². The fraction of sp³-hybridized carbons (Fsp3) is 0.0370. The fourth-order valence-corrected chi connectivity index (χ4v) is 5.30. The maximum absolute atomic E-state index is 7.09. The van der Waals surface area contributed by atoms with E-state index in [9.17, 15) is 0 Å². The summed E-state index contributed by atoms with van der Waals surface area (Å²) in [5.74, 6) is 0. The van der Waals surface area contributed by atoms with E-state index in [0.717, 1.165) is 33.7 Å². The average Bonchev–Trinajstić information content (AvgIpc) is 2.83. The van der Waals surface area contributed by atoms with E-state index in [1.54, 1.807) is 0 Å². The molecule has 0 atom stereocenters. The number of nitrogens with zero attached hydrogens (tertiary/aromatic N) is 2. The highest BCUT2D eigenvalue weighted by Crippen LogP contribution is 2.22. The molecular formula is C27H23ClN2Si. The van der Waals surface area contributed by atoms with Crippen LogP contribution >= 0.6 is 11.1 Å². The van der Waals surface area contributed by atoms with Crippen LogP contribution in [0.4, 0.5) is 0 Å². The SMILES string of the molecule is C[Si](Cl)(N=C(c1ccccc1)c1ccccc1)N=C(c1ccccc1)c1ccccc1. The van der Waals surface area contributed by atoms with Gasteiger partial charge in [0.05, 0.1) is 11.4 Å². The molecule has 0 bridgehead atoms. The lowest BCUT2D eigenvalue weighted by molar-refractivity contribution is 1.48. The van der Waals surface area contributed by atoms with E-state index in [2.05, 4.69) is 48.5 Å². The van der Waals surface area contributed by atoms with E-state index in [1.165, 1.54) is 0 Å². The fourth-order valence-electron chi connectivity index (χ4n) is 3.41. The molecule has 0 saturated heterocycles. The van der Waals surface area contributed by atoms with Gasteiger partial charge in [0.1, 0.15) is 0 Å². The topological polar surface area (TPSA) is 24.7 Å². The van der Waals surface area contributed by atoms with Crippen LogP contribution in [0.3, 0.4) is 0 Å². The summed E-state index contributed by atoms with van der Waals surface area (Å²) < 4.78 is 10.1. The highest BCUT2D eigenvalue weighted by Gasteiger charge is 2.27. The average molecular weight is 439 g/mol. The van der Waals surface area contributed by atoms with Gasteiger partial charge in [-0.3, -0.25) is 9.32 Å². The molecule has 0 fully saturated rings. The van der Waals surface area contributed by atoms with Crippen LogP contribution in [0.15, 0.2) is 131 Å². The Morgan fingerprint density at radius 3 is 0.935 bits per heavy atom. The standard InChI is InChI=1S/C27H23ClN2Si/c1-31(28,29-26(22-14-6-2-7-15-22)23-16-8-3-9-17-23)30-27(24-18-10-4-11-19-24)25-20-12-5-13-21-25/h2-21H,1H3. The molecule has 0 spiro atoms. The normalized spacial score (nSPS) is 10.9. The first-order chi connectivity index (χ1) is 15.1. The first kappa shape index (κ1) is 21.0. The van der Waals surface area contributed by atoms with Crippen molar-refractivity contribution in [1.82, 2.24) is 0 Å². The molecule has 0 amide bonds. The van der Waals surface area contributed by atoms with Crippen molar-refractivity contribution in [2.45, 2.75) is 6.55 Å². The smallest absolute Gasteiger partial charge is 0.281 e. The molecule has 4 rings (SSSR count). The quantitative estimate of drug-likeness (QED) is 0.178. The molecule has 0 heterocycles. The summed E-state index contributed by atoms with van der Waals surface area (Å²) in [5, 5.41) is 0. The molecular weight excluding hydrogens is 416 g/mol. The molecule has 0 aromatic heterocycles. The van der Waals surface area contributed by atoms with Crippen LogP contribution in [0.2, 0.25) is 6.55 Å². The molecule has 0 aliphatic heterocycles. The third-order valence-electron chi connectivity index (χ3n) is 4.82. The summed E-state index contributed by atoms with van der Waals surface area (Å²) in [6.07, 6.45) is 0. The van der Waals surface area contributed by atoms with Gasteiger partial charge in [-0.15, -0.1) is 11.1 Å².